The molecule has 2 aliphatic rings. The van der Waals surface area contributed by atoms with Crippen molar-refractivity contribution < 1.29 is 23.5 Å². The normalized spacial score (nSPS) is 28.0. The highest BCUT2D eigenvalue weighted by Crippen LogP contribution is 2.44. The van der Waals surface area contributed by atoms with Crippen LogP contribution in [0.5, 0.6) is 0 Å². The first-order valence-electron chi connectivity index (χ1n) is 12.3. The van der Waals surface area contributed by atoms with Crippen molar-refractivity contribution in [1.82, 2.24) is 4.90 Å². The smallest absolute Gasteiger partial charge is 0.320 e. The summed E-state index contributed by atoms with van der Waals surface area (Å²) in [6.45, 7) is 10.5. The highest BCUT2D eigenvalue weighted by molar-refractivity contribution is 5.79. The van der Waals surface area contributed by atoms with Gasteiger partial charge in [0, 0.05) is 25.7 Å². The van der Waals surface area contributed by atoms with Gasteiger partial charge in [0.15, 0.2) is 0 Å². The fourth-order valence-electron chi connectivity index (χ4n) is 5.66. The minimum Gasteiger partial charge on any atom is -0.463 e. The van der Waals surface area contributed by atoms with Gasteiger partial charge in [0.2, 0.25) is 0 Å². The zero-order chi connectivity index (χ0) is 23.3. The van der Waals surface area contributed by atoms with Crippen molar-refractivity contribution in [3.8, 4) is 0 Å². The van der Waals surface area contributed by atoms with Crippen LogP contribution < -0.4 is 0 Å². The van der Waals surface area contributed by atoms with Gasteiger partial charge in [-0.3, -0.25) is 14.5 Å². The first-order valence-corrected chi connectivity index (χ1v) is 12.3. The fourth-order valence-corrected chi connectivity index (χ4v) is 5.66. The predicted molar refractivity (Wildman–Crippen MR) is 125 cm³/mol. The van der Waals surface area contributed by atoms with Crippen molar-refractivity contribution in [2.24, 2.45) is 0 Å². The van der Waals surface area contributed by atoms with Gasteiger partial charge in [0.25, 0.3) is 0 Å². The minimum absolute atomic E-state index is 0.0162. The van der Waals surface area contributed by atoms with Gasteiger partial charge in [-0.25, -0.2) is 0 Å². The zero-order valence-electron chi connectivity index (χ0n) is 20.5. The third-order valence-electron chi connectivity index (χ3n) is 8.02. The lowest BCUT2D eigenvalue weighted by Gasteiger charge is -2.49. The van der Waals surface area contributed by atoms with Gasteiger partial charge in [-0.15, -0.1) is 0 Å². The molecule has 2 saturated heterocycles. The van der Waals surface area contributed by atoms with E-state index in [4.69, 9.17) is 9.47 Å². The Labute approximate surface area is 193 Å². The van der Waals surface area contributed by atoms with Crippen molar-refractivity contribution in [2.75, 3.05) is 33.3 Å². The summed E-state index contributed by atoms with van der Waals surface area (Å²) in [7, 11) is 2.37. The molecule has 1 aromatic carbocycles. The SMILES string of the molecule is CCN(CC)CC(=O)OCC(C(=O)OC1CC2CCC(C1)[N+]2(C)C(C)C)c1ccccc1. The van der Waals surface area contributed by atoms with Crippen LogP contribution >= 0.6 is 0 Å². The molecule has 0 radical (unpaired) electrons. The van der Waals surface area contributed by atoms with Crippen molar-refractivity contribution in [1.29, 1.82) is 0 Å². The highest BCUT2D eigenvalue weighted by atomic mass is 16.6. The molecule has 0 N–H and O–H groups in total. The number of nitrogens with zero attached hydrogens (tertiary/aromatic N) is 2. The second-order valence-corrected chi connectivity index (χ2v) is 9.84. The number of fused-ring (bicyclic) bond motifs is 2. The number of benzene rings is 1. The summed E-state index contributed by atoms with van der Waals surface area (Å²) in [5.74, 6) is -1.18. The van der Waals surface area contributed by atoms with Crippen LogP contribution in [0.2, 0.25) is 0 Å². The molecule has 0 spiro atoms. The Hall–Kier alpha value is -1.92. The van der Waals surface area contributed by atoms with E-state index in [0.29, 0.717) is 18.1 Å². The second kappa shape index (κ2) is 10.8. The number of hydrogen-bond acceptors (Lipinski definition) is 5. The summed E-state index contributed by atoms with van der Waals surface area (Å²) >= 11 is 0. The average Bonchev–Trinajstić information content (AvgIpc) is 2.95. The number of hydrogen-bond donors (Lipinski definition) is 0. The van der Waals surface area contributed by atoms with Crippen molar-refractivity contribution in [3.63, 3.8) is 0 Å². The molecule has 6 heteroatoms. The van der Waals surface area contributed by atoms with E-state index in [1.165, 1.54) is 12.8 Å². The lowest BCUT2D eigenvalue weighted by molar-refractivity contribution is -0.968. The van der Waals surface area contributed by atoms with Crippen LogP contribution in [0.3, 0.4) is 0 Å². The third-order valence-corrected chi connectivity index (χ3v) is 8.02. The Balaban J connectivity index is 1.64. The summed E-state index contributed by atoms with van der Waals surface area (Å²) in [4.78, 5) is 27.6. The molecule has 2 heterocycles. The van der Waals surface area contributed by atoms with Gasteiger partial charge in [0.05, 0.1) is 31.7 Å². The molecule has 1 aromatic rings. The number of quaternary nitrogens is 1. The zero-order valence-corrected chi connectivity index (χ0v) is 20.5. The third kappa shape index (κ3) is 5.34. The summed E-state index contributed by atoms with van der Waals surface area (Å²) in [5, 5.41) is 0. The molecule has 32 heavy (non-hydrogen) atoms. The first-order chi connectivity index (χ1) is 15.3. The second-order valence-electron chi connectivity index (χ2n) is 9.84. The Kier molecular flexibility index (Phi) is 8.34. The maximum Gasteiger partial charge on any atom is 0.320 e. The van der Waals surface area contributed by atoms with E-state index in [0.717, 1.165) is 36.0 Å². The summed E-state index contributed by atoms with van der Waals surface area (Å²) in [5.41, 5.74) is 0.828. The Morgan fingerprint density at radius 2 is 1.66 bits per heavy atom. The monoisotopic (exact) mass is 445 g/mol. The van der Waals surface area contributed by atoms with E-state index in [1.807, 2.05) is 49.1 Å². The Morgan fingerprint density at radius 3 is 2.19 bits per heavy atom. The maximum atomic E-state index is 13.3. The number of rotatable bonds is 10. The van der Waals surface area contributed by atoms with E-state index >= 15 is 0 Å². The largest absolute Gasteiger partial charge is 0.463 e. The number of piperidine rings is 1. The quantitative estimate of drug-likeness (QED) is 0.406. The van der Waals surface area contributed by atoms with Crippen LogP contribution in [-0.2, 0) is 19.1 Å². The van der Waals surface area contributed by atoms with Gasteiger partial charge in [-0.1, -0.05) is 44.2 Å². The van der Waals surface area contributed by atoms with E-state index in [-0.39, 0.29) is 31.2 Å². The van der Waals surface area contributed by atoms with Gasteiger partial charge >= 0.3 is 11.9 Å². The molecule has 0 aromatic heterocycles. The standard InChI is InChI=1S/C26H41N2O4/c1-6-27(7-2)17-25(29)31-18-24(20-11-9-8-10-12-20)26(30)32-23-15-21-13-14-22(16-23)28(21,5)19(3)4/h8-12,19,21-24H,6-7,13-18H2,1-5H3/q+1. The topological polar surface area (TPSA) is 55.8 Å². The molecule has 0 amide bonds. The molecule has 3 rings (SSSR count). The van der Waals surface area contributed by atoms with Crippen molar-refractivity contribution in [3.05, 3.63) is 35.9 Å². The van der Waals surface area contributed by atoms with Crippen LogP contribution in [0.1, 0.15) is 64.9 Å². The first kappa shape index (κ1) is 24.7. The van der Waals surface area contributed by atoms with Crippen molar-refractivity contribution in [2.45, 2.75) is 83.5 Å². The highest BCUT2D eigenvalue weighted by Gasteiger charge is 2.53. The van der Waals surface area contributed by atoms with Crippen LogP contribution in [0.4, 0.5) is 0 Å². The molecule has 178 valence electrons. The molecule has 3 atom stereocenters. The number of carbonyl (C=O) groups excluding carboxylic acids is 2. The van der Waals surface area contributed by atoms with Crippen LogP contribution in [-0.4, -0.2) is 78.8 Å². The average molecular weight is 446 g/mol. The molecule has 0 saturated carbocycles. The molecular formula is C26H41N2O4+. The van der Waals surface area contributed by atoms with Crippen LogP contribution in [0, 0.1) is 0 Å². The summed E-state index contributed by atoms with van der Waals surface area (Å²) in [6.07, 6.45) is 4.19. The molecule has 2 fully saturated rings. The van der Waals surface area contributed by atoms with E-state index in [9.17, 15) is 9.59 Å². The van der Waals surface area contributed by atoms with E-state index < -0.39 is 5.92 Å². The number of carbonyl (C=O) groups is 2. The van der Waals surface area contributed by atoms with Gasteiger partial charge < -0.3 is 14.0 Å². The van der Waals surface area contributed by atoms with Gasteiger partial charge in [0.1, 0.15) is 18.6 Å². The lowest BCUT2D eigenvalue weighted by Crippen LogP contribution is -2.62. The minimum atomic E-state index is -0.595. The molecular weight excluding hydrogens is 404 g/mol. The van der Waals surface area contributed by atoms with Gasteiger partial charge in [-0.05, 0) is 32.5 Å². The molecule has 2 aliphatic heterocycles. The molecule has 6 nitrogen and oxygen atoms in total. The van der Waals surface area contributed by atoms with E-state index in [2.05, 4.69) is 20.9 Å². The van der Waals surface area contributed by atoms with Crippen LogP contribution in [0.15, 0.2) is 30.3 Å². The van der Waals surface area contributed by atoms with E-state index in [1.54, 1.807) is 0 Å². The number of likely N-dealkylation sites (N-methyl/N-ethyl adjacent to an activating group) is 1. The van der Waals surface area contributed by atoms with Gasteiger partial charge in [-0.2, -0.15) is 0 Å². The summed E-state index contributed by atoms with van der Waals surface area (Å²) in [6, 6.07) is 11.2. The fraction of sp³-hybridized carbons (Fsp3) is 0.692. The number of ether oxygens (including phenoxy) is 2. The lowest BCUT2D eigenvalue weighted by atomic mass is 9.94. The van der Waals surface area contributed by atoms with Crippen molar-refractivity contribution >= 4 is 11.9 Å². The Bertz CT molecular complexity index is 748. The molecule has 2 bridgehead atoms. The number of esters is 2. The molecule has 3 unspecified atom stereocenters. The predicted octanol–water partition coefficient (Wildman–Crippen LogP) is 3.75. The maximum absolute atomic E-state index is 13.3. The molecule has 0 aliphatic carbocycles. The Morgan fingerprint density at radius 1 is 1.06 bits per heavy atom. The van der Waals surface area contributed by atoms with Crippen LogP contribution in [0.25, 0.3) is 0 Å². The summed E-state index contributed by atoms with van der Waals surface area (Å²) < 4.78 is 12.7.